The molecule has 0 heterocycles. The first kappa shape index (κ1) is 20.5. The average molecular weight is 381 g/mol. The molecule has 0 unspecified atom stereocenters. The van der Waals surface area contributed by atoms with Crippen molar-refractivity contribution in [3.63, 3.8) is 0 Å². The van der Waals surface area contributed by atoms with Gasteiger partial charge in [0, 0.05) is 10.6 Å². The van der Waals surface area contributed by atoms with Crippen molar-refractivity contribution in [3.05, 3.63) is 65.2 Å². The van der Waals surface area contributed by atoms with Crippen LogP contribution in [0.15, 0.2) is 53.4 Å². The maximum absolute atomic E-state index is 2.40. The minimum absolute atomic E-state index is 0.799. The molecule has 0 aromatic heterocycles. The third kappa shape index (κ3) is 6.71. The van der Waals surface area contributed by atoms with E-state index in [0.717, 1.165) is 17.6 Å². The molecule has 0 N–H and O–H groups in total. The molecule has 2 aromatic carbocycles. The molecule has 0 bridgehead atoms. The fourth-order valence-electron chi connectivity index (χ4n) is 4.15. The number of benzene rings is 2. The maximum Gasteiger partial charge on any atom is 0.0231 e. The van der Waals surface area contributed by atoms with Gasteiger partial charge in [0.25, 0.3) is 0 Å². The molecule has 1 heteroatoms. The van der Waals surface area contributed by atoms with Gasteiger partial charge in [-0.1, -0.05) is 82.3 Å². The molecule has 0 spiro atoms. The minimum atomic E-state index is 0.799. The van der Waals surface area contributed by atoms with Crippen LogP contribution in [-0.2, 0) is 12.2 Å². The van der Waals surface area contributed by atoms with Gasteiger partial charge in [0.05, 0.1) is 0 Å². The van der Waals surface area contributed by atoms with Gasteiger partial charge in [-0.3, -0.25) is 0 Å². The fourth-order valence-corrected chi connectivity index (χ4v) is 5.01. The van der Waals surface area contributed by atoms with Crippen molar-refractivity contribution in [1.29, 1.82) is 0 Å². The molecule has 3 rings (SSSR count). The lowest BCUT2D eigenvalue weighted by Gasteiger charge is -2.26. The molecule has 2 aromatic rings. The lowest BCUT2D eigenvalue weighted by Crippen LogP contribution is -2.10. The first-order chi connectivity index (χ1) is 13.2. The zero-order valence-electron chi connectivity index (χ0n) is 17.3. The fraction of sp³-hybridized carbons (Fsp3) is 0.538. The predicted octanol–water partition coefficient (Wildman–Crippen LogP) is 8.40. The van der Waals surface area contributed by atoms with E-state index in [2.05, 4.69) is 62.4 Å². The summed E-state index contributed by atoms with van der Waals surface area (Å²) in [7, 11) is 0. The molecular formula is C26H36S. The Morgan fingerprint density at radius 1 is 0.778 bits per heavy atom. The summed E-state index contributed by atoms with van der Waals surface area (Å²) in [5.74, 6) is 2.80. The van der Waals surface area contributed by atoms with E-state index in [4.69, 9.17) is 0 Å². The standard InChI is InChI=1S/C26H36S/c1-3-4-5-6-7-22-12-18-26(19-13-22)27-20-23-10-16-25(17-11-23)24-14-8-21(2)9-15-24/h10-13,16-19,21,24H,3-9,14-15,20H2,1-2H3. The summed E-state index contributed by atoms with van der Waals surface area (Å²) in [5.41, 5.74) is 4.49. The molecule has 27 heavy (non-hydrogen) atoms. The number of hydrogen-bond acceptors (Lipinski definition) is 1. The number of thioether (sulfide) groups is 1. The van der Waals surface area contributed by atoms with Crippen LogP contribution in [0.25, 0.3) is 0 Å². The summed E-state index contributed by atoms with van der Waals surface area (Å²) in [6.07, 6.45) is 12.2. The Balaban J connectivity index is 1.44. The Hall–Kier alpha value is -1.21. The van der Waals surface area contributed by atoms with Gasteiger partial charge >= 0.3 is 0 Å². The van der Waals surface area contributed by atoms with Crippen LogP contribution in [0.1, 0.15) is 87.8 Å². The molecule has 146 valence electrons. The van der Waals surface area contributed by atoms with E-state index in [1.807, 2.05) is 11.8 Å². The summed E-state index contributed by atoms with van der Waals surface area (Å²) in [6, 6.07) is 18.7. The first-order valence-corrected chi connectivity index (χ1v) is 12.0. The normalized spacial score (nSPS) is 19.9. The van der Waals surface area contributed by atoms with Crippen LogP contribution in [-0.4, -0.2) is 0 Å². The van der Waals surface area contributed by atoms with Crippen molar-refractivity contribution in [1.82, 2.24) is 0 Å². The molecule has 0 atom stereocenters. The molecule has 1 fully saturated rings. The lowest BCUT2D eigenvalue weighted by atomic mass is 9.79. The highest BCUT2D eigenvalue weighted by atomic mass is 32.2. The summed E-state index contributed by atoms with van der Waals surface area (Å²) in [5, 5.41) is 0. The second-order valence-electron chi connectivity index (χ2n) is 8.44. The van der Waals surface area contributed by atoms with E-state index in [0.29, 0.717) is 0 Å². The monoisotopic (exact) mass is 380 g/mol. The molecule has 1 aliphatic rings. The van der Waals surface area contributed by atoms with Gasteiger partial charge in [-0.15, -0.1) is 11.8 Å². The highest BCUT2D eigenvalue weighted by Crippen LogP contribution is 2.35. The van der Waals surface area contributed by atoms with Crippen LogP contribution < -0.4 is 0 Å². The molecule has 0 nitrogen and oxygen atoms in total. The maximum atomic E-state index is 2.40. The van der Waals surface area contributed by atoms with E-state index in [9.17, 15) is 0 Å². The number of unbranched alkanes of at least 4 members (excludes halogenated alkanes) is 3. The Bertz CT molecular complexity index is 648. The van der Waals surface area contributed by atoms with Crippen molar-refractivity contribution in [2.75, 3.05) is 0 Å². The van der Waals surface area contributed by atoms with Gasteiger partial charge in [0.2, 0.25) is 0 Å². The van der Waals surface area contributed by atoms with E-state index in [1.165, 1.54) is 73.8 Å². The lowest BCUT2D eigenvalue weighted by molar-refractivity contribution is 0.348. The van der Waals surface area contributed by atoms with Crippen LogP contribution in [0.2, 0.25) is 0 Å². The van der Waals surface area contributed by atoms with Crippen molar-refractivity contribution in [2.24, 2.45) is 5.92 Å². The van der Waals surface area contributed by atoms with Gasteiger partial charge in [0.1, 0.15) is 0 Å². The average Bonchev–Trinajstić information content (AvgIpc) is 2.72. The minimum Gasteiger partial charge on any atom is -0.121 e. The Kier molecular flexibility index (Phi) is 8.33. The SMILES string of the molecule is CCCCCCc1ccc(SCc2ccc(C3CCC(C)CC3)cc2)cc1. The van der Waals surface area contributed by atoms with Crippen molar-refractivity contribution in [2.45, 2.75) is 88.2 Å². The van der Waals surface area contributed by atoms with Crippen LogP contribution in [0.5, 0.6) is 0 Å². The first-order valence-electron chi connectivity index (χ1n) is 11.0. The summed E-state index contributed by atoms with van der Waals surface area (Å²) in [6.45, 7) is 4.67. The van der Waals surface area contributed by atoms with Crippen LogP contribution in [0.4, 0.5) is 0 Å². The van der Waals surface area contributed by atoms with E-state index >= 15 is 0 Å². The number of hydrogen-bond donors (Lipinski definition) is 0. The van der Waals surface area contributed by atoms with Crippen molar-refractivity contribution >= 4 is 11.8 Å². The van der Waals surface area contributed by atoms with Crippen LogP contribution >= 0.6 is 11.8 Å². The third-order valence-electron chi connectivity index (χ3n) is 6.11. The topological polar surface area (TPSA) is 0 Å². The third-order valence-corrected chi connectivity index (χ3v) is 7.20. The molecular weight excluding hydrogens is 344 g/mol. The second-order valence-corrected chi connectivity index (χ2v) is 9.49. The van der Waals surface area contributed by atoms with Gasteiger partial charge in [-0.25, -0.2) is 0 Å². The van der Waals surface area contributed by atoms with E-state index in [-0.39, 0.29) is 0 Å². The summed E-state index contributed by atoms with van der Waals surface area (Å²) < 4.78 is 0. The summed E-state index contributed by atoms with van der Waals surface area (Å²) >= 11 is 1.96. The van der Waals surface area contributed by atoms with Gasteiger partial charge in [0.15, 0.2) is 0 Å². The zero-order valence-corrected chi connectivity index (χ0v) is 18.1. The van der Waals surface area contributed by atoms with Crippen molar-refractivity contribution in [3.8, 4) is 0 Å². The van der Waals surface area contributed by atoms with Gasteiger partial charge < -0.3 is 0 Å². The summed E-state index contributed by atoms with van der Waals surface area (Å²) in [4.78, 5) is 1.39. The zero-order chi connectivity index (χ0) is 18.9. The van der Waals surface area contributed by atoms with E-state index in [1.54, 1.807) is 5.56 Å². The Morgan fingerprint density at radius 3 is 2.11 bits per heavy atom. The van der Waals surface area contributed by atoms with Crippen LogP contribution in [0, 0.1) is 5.92 Å². The molecule has 0 radical (unpaired) electrons. The molecule has 0 amide bonds. The predicted molar refractivity (Wildman–Crippen MR) is 121 cm³/mol. The highest BCUT2D eigenvalue weighted by molar-refractivity contribution is 7.98. The number of rotatable bonds is 9. The van der Waals surface area contributed by atoms with Crippen molar-refractivity contribution < 1.29 is 0 Å². The molecule has 1 saturated carbocycles. The molecule has 0 saturated heterocycles. The van der Waals surface area contributed by atoms with Gasteiger partial charge in [-0.2, -0.15) is 0 Å². The smallest absolute Gasteiger partial charge is 0.0231 e. The van der Waals surface area contributed by atoms with Gasteiger partial charge in [-0.05, 0) is 66.3 Å². The Morgan fingerprint density at radius 2 is 1.44 bits per heavy atom. The number of aryl methyl sites for hydroxylation is 1. The second kappa shape index (κ2) is 11.0. The highest BCUT2D eigenvalue weighted by Gasteiger charge is 2.19. The Labute approximate surface area is 171 Å². The largest absolute Gasteiger partial charge is 0.121 e. The molecule has 0 aliphatic heterocycles. The quantitative estimate of drug-likeness (QED) is 0.311. The molecule has 1 aliphatic carbocycles. The van der Waals surface area contributed by atoms with E-state index < -0.39 is 0 Å². The van der Waals surface area contributed by atoms with Crippen LogP contribution in [0.3, 0.4) is 0 Å².